The van der Waals surface area contributed by atoms with Gasteiger partial charge in [-0.2, -0.15) is 0 Å². The average molecular weight is 462 g/mol. The van der Waals surface area contributed by atoms with Crippen LogP contribution in [0.2, 0.25) is 0 Å². The first-order valence-electron chi connectivity index (χ1n) is 11.5. The number of carbonyl (C=O) groups is 3. The summed E-state index contributed by atoms with van der Waals surface area (Å²) in [5.74, 6) is -2.69. The lowest BCUT2D eigenvalue weighted by atomic mass is 9.45. The van der Waals surface area contributed by atoms with E-state index in [1.165, 1.54) is 0 Å². The second-order valence-electron chi connectivity index (χ2n) is 10.6. The highest BCUT2D eigenvalue weighted by molar-refractivity contribution is 5.92. The highest BCUT2D eigenvalue weighted by Gasteiger charge is 2.81. The van der Waals surface area contributed by atoms with Crippen molar-refractivity contribution in [2.75, 3.05) is 6.61 Å². The molecule has 7 atom stereocenters. The number of carboxylic acid groups (broad SMARTS) is 1. The van der Waals surface area contributed by atoms with E-state index in [9.17, 15) is 24.6 Å². The molecule has 180 valence electrons. The molecule has 2 heterocycles. The zero-order valence-electron chi connectivity index (χ0n) is 19.0. The fraction of sp³-hybridized carbons (Fsp3) is 0.708. The Hall–Kier alpha value is -2.23. The summed E-state index contributed by atoms with van der Waals surface area (Å²) < 4.78 is 17.5. The van der Waals surface area contributed by atoms with Crippen molar-refractivity contribution >= 4 is 17.9 Å². The third kappa shape index (κ3) is 2.61. The van der Waals surface area contributed by atoms with Gasteiger partial charge in [0, 0.05) is 11.0 Å². The third-order valence-electron chi connectivity index (χ3n) is 8.93. The second kappa shape index (κ2) is 6.90. The number of aliphatic hydroxyl groups is 2. The molecule has 3 aliphatic carbocycles. The van der Waals surface area contributed by atoms with Gasteiger partial charge in [0.2, 0.25) is 0 Å². The van der Waals surface area contributed by atoms with Crippen molar-refractivity contribution in [2.45, 2.75) is 81.9 Å². The molecule has 0 aromatic heterocycles. The minimum Gasteiger partial charge on any atom is -0.481 e. The van der Waals surface area contributed by atoms with Crippen molar-refractivity contribution in [3.8, 4) is 0 Å². The fourth-order valence-electron chi connectivity index (χ4n) is 6.99. The summed E-state index contributed by atoms with van der Waals surface area (Å²) in [7, 11) is 0. The van der Waals surface area contributed by atoms with Crippen molar-refractivity contribution in [3.05, 3.63) is 23.3 Å². The predicted molar refractivity (Wildman–Crippen MR) is 112 cm³/mol. The van der Waals surface area contributed by atoms with Crippen LogP contribution >= 0.6 is 0 Å². The molecule has 9 heteroatoms. The summed E-state index contributed by atoms with van der Waals surface area (Å²) >= 11 is 0. The van der Waals surface area contributed by atoms with E-state index in [0.29, 0.717) is 24.8 Å². The highest BCUT2D eigenvalue weighted by Crippen LogP contribution is 2.68. The van der Waals surface area contributed by atoms with E-state index in [1.807, 2.05) is 20.8 Å². The van der Waals surface area contributed by atoms with Gasteiger partial charge in [-0.05, 0) is 42.7 Å². The number of aliphatic carboxylic acids is 1. The van der Waals surface area contributed by atoms with Crippen LogP contribution in [0.15, 0.2) is 23.3 Å². The number of fused-ring (bicyclic) bond motifs is 4. The average Bonchev–Trinajstić information content (AvgIpc) is 3.21. The molecule has 33 heavy (non-hydrogen) atoms. The molecule has 2 aliphatic heterocycles. The van der Waals surface area contributed by atoms with Crippen LogP contribution in [0.25, 0.3) is 0 Å². The van der Waals surface area contributed by atoms with E-state index in [1.54, 1.807) is 12.2 Å². The molecule has 0 amide bonds. The van der Waals surface area contributed by atoms with E-state index < -0.39 is 52.8 Å². The quantitative estimate of drug-likeness (QED) is 0.407. The van der Waals surface area contributed by atoms with Crippen molar-refractivity contribution in [1.29, 1.82) is 0 Å². The van der Waals surface area contributed by atoms with Gasteiger partial charge in [-0.15, -0.1) is 0 Å². The summed E-state index contributed by atoms with van der Waals surface area (Å²) in [5, 5.41) is 33.4. The van der Waals surface area contributed by atoms with Gasteiger partial charge in [-0.1, -0.05) is 26.8 Å². The van der Waals surface area contributed by atoms with E-state index in [4.69, 9.17) is 19.3 Å². The Kier molecular flexibility index (Phi) is 4.71. The highest BCUT2D eigenvalue weighted by atomic mass is 16.6. The van der Waals surface area contributed by atoms with Gasteiger partial charge in [0.1, 0.15) is 17.8 Å². The zero-order valence-corrected chi connectivity index (χ0v) is 19.0. The van der Waals surface area contributed by atoms with E-state index >= 15 is 0 Å². The molecule has 0 aromatic carbocycles. The van der Waals surface area contributed by atoms with Gasteiger partial charge in [0.05, 0.1) is 18.9 Å². The SMILES string of the molecule is CC(C)[C@@]12C=C[C@]3(O)[C@@](O)([C@@H](C[C@H]4C5=C(CC[C@@]43C)C(=O)OC5)O1)[C@@H]2OC(=O)CCC(=O)O. The lowest BCUT2D eigenvalue weighted by molar-refractivity contribution is -0.270. The fourth-order valence-corrected chi connectivity index (χ4v) is 6.99. The van der Waals surface area contributed by atoms with Crippen LogP contribution in [0.1, 0.15) is 52.9 Å². The van der Waals surface area contributed by atoms with Crippen LogP contribution < -0.4 is 0 Å². The molecule has 0 radical (unpaired) electrons. The first kappa shape index (κ1) is 22.6. The molecular formula is C24H30O9. The Morgan fingerprint density at radius 1 is 1.24 bits per heavy atom. The Morgan fingerprint density at radius 2 is 1.97 bits per heavy atom. The first-order chi connectivity index (χ1) is 15.4. The van der Waals surface area contributed by atoms with Gasteiger partial charge in [0.25, 0.3) is 0 Å². The first-order valence-corrected chi connectivity index (χ1v) is 11.5. The van der Waals surface area contributed by atoms with Crippen LogP contribution in [0.3, 0.4) is 0 Å². The Morgan fingerprint density at radius 3 is 2.64 bits per heavy atom. The Balaban J connectivity index is 1.60. The molecular weight excluding hydrogens is 432 g/mol. The van der Waals surface area contributed by atoms with Crippen molar-refractivity contribution in [2.24, 2.45) is 17.3 Å². The third-order valence-corrected chi connectivity index (χ3v) is 8.93. The van der Waals surface area contributed by atoms with Gasteiger partial charge in [0.15, 0.2) is 11.7 Å². The number of cyclic esters (lactones) is 1. The number of esters is 2. The summed E-state index contributed by atoms with van der Waals surface area (Å²) in [6, 6.07) is 0. The van der Waals surface area contributed by atoms with Crippen LogP contribution in [-0.2, 0) is 28.6 Å². The number of hydrogen-bond donors (Lipinski definition) is 3. The number of rotatable bonds is 5. The summed E-state index contributed by atoms with van der Waals surface area (Å²) in [6.07, 6.45) is 1.70. The van der Waals surface area contributed by atoms with Crippen molar-refractivity contribution in [1.82, 2.24) is 0 Å². The largest absolute Gasteiger partial charge is 0.481 e. The molecule has 2 fully saturated rings. The normalized spacial score (nSPS) is 45.0. The summed E-state index contributed by atoms with van der Waals surface area (Å²) in [4.78, 5) is 35.7. The van der Waals surface area contributed by atoms with E-state index in [-0.39, 0.29) is 30.8 Å². The van der Waals surface area contributed by atoms with Crippen molar-refractivity contribution in [3.63, 3.8) is 0 Å². The minimum atomic E-state index is -1.93. The molecule has 5 rings (SSSR count). The van der Waals surface area contributed by atoms with Gasteiger partial charge in [-0.25, -0.2) is 4.79 Å². The second-order valence-corrected chi connectivity index (χ2v) is 10.6. The van der Waals surface area contributed by atoms with Crippen LogP contribution in [-0.4, -0.2) is 68.8 Å². The topological polar surface area (TPSA) is 140 Å². The predicted octanol–water partition coefficient (Wildman–Crippen LogP) is 1.26. The molecule has 0 aromatic rings. The molecule has 9 nitrogen and oxygen atoms in total. The number of ether oxygens (including phenoxy) is 3. The number of hydrogen-bond acceptors (Lipinski definition) is 8. The maximum absolute atomic E-state index is 12.6. The Labute approximate surface area is 191 Å². The zero-order chi connectivity index (χ0) is 24.0. The molecule has 1 saturated heterocycles. The van der Waals surface area contributed by atoms with Gasteiger partial charge in [-0.3, -0.25) is 9.59 Å². The maximum atomic E-state index is 12.6. The van der Waals surface area contributed by atoms with Gasteiger partial charge >= 0.3 is 17.9 Å². The Bertz CT molecular complexity index is 998. The molecule has 1 saturated carbocycles. The molecule has 5 aliphatic rings. The van der Waals surface area contributed by atoms with E-state index in [2.05, 4.69) is 0 Å². The smallest absolute Gasteiger partial charge is 0.334 e. The van der Waals surface area contributed by atoms with Crippen LogP contribution in [0.5, 0.6) is 0 Å². The van der Waals surface area contributed by atoms with Crippen LogP contribution in [0, 0.1) is 17.3 Å². The summed E-state index contributed by atoms with van der Waals surface area (Å²) in [6.45, 7) is 5.83. The molecule has 3 N–H and O–H groups in total. The lowest BCUT2D eigenvalue weighted by Gasteiger charge is -2.63. The standard InChI is InChI=1S/C24H30O9/c1-12(2)22-8-9-23(29)21(3)7-6-13-14(11-31-19(13)28)15(21)10-16(33-22)24(23,30)20(22)32-18(27)5-4-17(25)26/h8-9,12,15-16,20,29-30H,4-7,10-11H2,1-3H3,(H,25,26)/t15-,16+,20+,21-,22+,23+,24+/m0/s1. The lowest BCUT2D eigenvalue weighted by Crippen LogP contribution is -2.77. The molecule has 0 spiro atoms. The molecule has 0 unspecified atom stereocenters. The molecule has 2 bridgehead atoms. The minimum absolute atomic E-state index is 0.169. The number of carbonyl (C=O) groups excluding carboxylic acids is 2. The van der Waals surface area contributed by atoms with Gasteiger partial charge < -0.3 is 29.5 Å². The maximum Gasteiger partial charge on any atom is 0.334 e. The number of carboxylic acids is 1. The van der Waals surface area contributed by atoms with Crippen molar-refractivity contribution < 1.29 is 43.9 Å². The summed E-state index contributed by atoms with van der Waals surface area (Å²) in [5.41, 5.74) is -4.26. The van der Waals surface area contributed by atoms with E-state index in [0.717, 1.165) is 5.57 Å². The van der Waals surface area contributed by atoms with Crippen LogP contribution in [0.4, 0.5) is 0 Å². The monoisotopic (exact) mass is 462 g/mol.